The monoisotopic (exact) mass is 310 g/mol. The Morgan fingerprint density at radius 2 is 2.18 bits per heavy atom. The third-order valence-electron chi connectivity index (χ3n) is 2.27. The molecule has 0 aliphatic rings. The van der Waals surface area contributed by atoms with Gasteiger partial charge in [-0.3, -0.25) is 10.1 Å². The summed E-state index contributed by atoms with van der Waals surface area (Å²) in [6, 6.07) is 5.52. The molecule has 17 heavy (non-hydrogen) atoms. The lowest BCUT2D eigenvalue weighted by molar-refractivity contribution is 0.102. The molecule has 0 spiro atoms. The summed E-state index contributed by atoms with van der Waals surface area (Å²) in [7, 11) is 0. The minimum absolute atomic E-state index is 0.139. The van der Waals surface area contributed by atoms with Crippen LogP contribution in [0.25, 0.3) is 0 Å². The molecule has 1 aromatic heterocycles. The van der Waals surface area contributed by atoms with Gasteiger partial charge in [0.25, 0.3) is 5.91 Å². The zero-order valence-electron chi connectivity index (χ0n) is 9.45. The number of aromatic nitrogens is 1. The second-order valence-corrected chi connectivity index (χ2v) is 5.42. The molecule has 1 heterocycles. The highest BCUT2D eigenvalue weighted by Crippen LogP contribution is 2.19. The van der Waals surface area contributed by atoms with Crippen LogP contribution in [0.1, 0.15) is 21.6 Å². The van der Waals surface area contributed by atoms with E-state index in [0.29, 0.717) is 10.7 Å². The summed E-state index contributed by atoms with van der Waals surface area (Å²) in [5.41, 5.74) is 2.64. The molecule has 2 aromatic rings. The van der Waals surface area contributed by atoms with Crippen LogP contribution in [0.2, 0.25) is 0 Å². The fourth-order valence-electron chi connectivity index (χ4n) is 1.31. The number of amides is 1. The van der Waals surface area contributed by atoms with Crippen molar-refractivity contribution in [1.82, 2.24) is 4.98 Å². The summed E-state index contributed by atoms with van der Waals surface area (Å²) in [6.45, 7) is 3.88. The fourth-order valence-corrected chi connectivity index (χ4v) is 2.38. The van der Waals surface area contributed by atoms with Gasteiger partial charge in [0.2, 0.25) is 0 Å². The number of halogens is 1. The van der Waals surface area contributed by atoms with Crippen LogP contribution in [0.5, 0.6) is 0 Å². The summed E-state index contributed by atoms with van der Waals surface area (Å²) in [5, 5.41) is 5.31. The van der Waals surface area contributed by atoms with Crippen LogP contribution in [-0.4, -0.2) is 10.9 Å². The summed E-state index contributed by atoms with van der Waals surface area (Å²) in [5.74, 6) is -0.139. The molecular formula is C12H11BrN2OS. The number of hydrogen-bond donors (Lipinski definition) is 1. The number of hydrogen-bond acceptors (Lipinski definition) is 3. The Morgan fingerprint density at radius 3 is 2.76 bits per heavy atom. The minimum Gasteiger partial charge on any atom is -0.298 e. The van der Waals surface area contributed by atoms with Crippen LogP contribution in [0.15, 0.2) is 28.1 Å². The van der Waals surface area contributed by atoms with E-state index in [-0.39, 0.29) is 5.91 Å². The standard InChI is InChI=1S/C12H11BrN2OS/c1-7-3-4-9(5-10(7)13)11(16)15-12-14-8(2)6-17-12/h3-6H,1-2H3,(H,14,15,16). The van der Waals surface area contributed by atoms with Crippen LogP contribution >= 0.6 is 27.3 Å². The SMILES string of the molecule is Cc1csc(NC(=O)c2ccc(C)c(Br)c2)n1. The zero-order valence-corrected chi connectivity index (χ0v) is 11.9. The Kier molecular flexibility index (Phi) is 3.59. The molecule has 1 amide bonds. The molecule has 88 valence electrons. The molecule has 3 nitrogen and oxygen atoms in total. The van der Waals surface area contributed by atoms with Gasteiger partial charge in [-0.05, 0) is 31.5 Å². The first-order valence-electron chi connectivity index (χ1n) is 5.06. The average molecular weight is 311 g/mol. The normalized spacial score (nSPS) is 10.3. The third kappa shape index (κ3) is 2.92. The van der Waals surface area contributed by atoms with E-state index < -0.39 is 0 Å². The van der Waals surface area contributed by atoms with E-state index in [1.54, 1.807) is 6.07 Å². The van der Waals surface area contributed by atoms with Gasteiger partial charge >= 0.3 is 0 Å². The highest BCUT2D eigenvalue weighted by atomic mass is 79.9. The summed E-state index contributed by atoms with van der Waals surface area (Å²) in [4.78, 5) is 16.1. The van der Waals surface area contributed by atoms with E-state index in [1.165, 1.54) is 11.3 Å². The first kappa shape index (κ1) is 12.3. The van der Waals surface area contributed by atoms with Gasteiger partial charge in [0.1, 0.15) is 0 Å². The average Bonchev–Trinajstić information content (AvgIpc) is 2.68. The molecule has 1 N–H and O–H groups in total. The molecule has 0 bridgehead atoms. The topological polar surface area (TPSA) is 42.0 Å². The van der Waals surface area contributed by atoms with Gasteiger partial charge in [-0.15, -0.1) is 11.3 Å². The van der Waals surface area contributed by atoms with E-state index in [4.69, 9.17) is 0 Å². The van der Waals surface area contributed by atoms with Crippen LogP contribution in [0.4, 0.5) is 5.13 Å². The summed E-state index contributed by atoms with van der Waals surface area (Å²) >= 11 is 4.84. The van der Waals surface area contributed by atoms with Gasteiger partial charge in [-0.25, -0.2) is 4.98 Å². The lowest BCUT2D eigenvalue weighted by Gasteiger charge is -2.03. The maximum Gasteiger partial charge on any atom is 0.257 e. The van der Waals surface area contributed by atoms with Gasteiger partial charge in [0, 0.05) is 15.4 Å². The van der Waals surface area contributed by atoms with Crippen molar-refractivity contribution >= 4 is 38.3 Å². The molecule has 0 saturated heterocycles. The van der Waals surface area contributed by atoms with Gasteiger partial charge < -0.3 is 0 Å². The molecule has 0 atom stereocenters. The van der Waals surface area contributed by atoms with Crippen molar-refractivity contribution in [1.29, 1.82) is 0 Å². The quantitative estimate of drug-likeness (QED) is 0.917. The Hall–Kier alpha value is -1.20. The van der Waals surface area contributed by atoms with E-state index in [1.807, 2.05) is 31.4 Å². The molecule has 0 fully saturated rings. The Balaban J connectivity index is 2.17. The molecule has 0 aliphatic heterocycles. The second kappa shape index (κ2) is 4.98. The lowest BCUT2D eigenvalue weighted by atomic mass is 10.1. The van der Waals surface area contributed by atoms with Crippen LogP contribution in [0, 0.1) is 13.8 Å². The number of aryl methyl sites for hydroxylation is 2. The van der Waals surface area contributed by atoms with E-state index >= 15 is 0 Å². The molecule has 0 unspecified atom stereocenters. The van der Waals surface area contributed by atoms with E-state index in [0.717, 1.165) is 15.7 Å². The highest BCUT2D eigenvalue weighted by molar-refractivity contribution is 9.10. The highest BCUT2D eigenvalue weighted by Gasteiger charge is 2.09. The molecular weight excluding hydrogens is 300 g/mol. The third-order valence-corrected chi connectivity index (χ3v) is 4.00. The first-order valence-corrected chi connectivity index (χ1v) is 6.73. The maximum absolute atomic E-state index is 11.9. The number of rotatable bonds is 2. The number of thiazole rings is 1. The van der Waals surface area contributed by atoms with Crippen molar-refractivity contribution in [3.63, 3.8) is 0 Å². The van der Waals surface area contributed by atoms with Crippen molar-refractivity contribution in [2.75, 3.05) is 5.32 Å². The fraction of sp³-hybridized carbons (Fsp3) is 0.167. The van der Waals surface area contributed by atoms with Gasteiger partial charge in [-0.1, -0.05) is 22.0 Å². The van der Waals surface area contributed by atoms with Gasteiger partial charge in [-0.2, -0.15) is 0 Å². The molecule has 0 radical (unpaired) electrons. The molecule has 2 rings (SSSR count). The van der Waals surface area contributed by atoms with Crippen molar-refractivity contribution < 1.29 is 4.79 Å². The summed E-state index contributed by atoms with van der Waals surface area (Å²) in [6.07, 6.45) is 0. The van der Waals surface area contributed by atoms with Crippen molar-refractivity contribution in [3.8, 4) is 0 Å². The second-order valence-electron chi connectivity index (χ2n) is 3.71. The number of carbonyl (C=O) groups is 1. The predicted octanol–water partition coefficient (Wildman–Crippen LogP) is 3.77. The van der Waals surface area contributed by atoms with Crippen molar-refractivity contribution in [2.45, 2.75) is 13.8 Å². The minimum atomic E-state index is -0.139. The van der Waals surface area contributed by atoms with Crippen molar-refractivity contribution in [3.05, 3.63) is 44.9 Å². The van der Waals surface area contributed by atoms with Crippen LogP contribution in [0.3, 0.4) is 0 Å². The Bertz CT molecular complexity index is 565. The maximum atomic E-state index is 11.9. The lowest BCUT2D eigenvalue weighted by Crippen LogP contribution is -2.11. The first-order chi connectivity index (χ1) is 8.06. The number of nitrogens with one attached hydrogen (secondary N) is 1. The van der Waals surface area contributed by atoms with Gasteiger partial charge in [0.05, 0.1) is 5.69 Å². The Morgan fingerprint density at radius 1 is 1.41 bits per heavy atom. The van der Waals surface area contributed by atoms with Gasteiger partial charge in [0.15, 0.2) is 5.13 Å². The molecule has 0 saturated carbocycles. The molecule has 1 aromatic carbocycles. The summed E-state index contributed by atoms with van der Waals surface area (Å²) < 4.78 is 0.931. The van der Waals surface area contributed by atoms with Crippen LogP contribution in [-0.2, 0) is 0 Å². The van der Waals surface area contributed by atoms with Crippen LogP contribution < -0.4 is 5.32 Å². The predicted molar refractivity (Wildman–Crippen MR) is 73.7 cm³/mol. The molecule has 0 aliphatic carbocycles. The van der Waals surface area contributed by atoms with Crippen molar-refractivity contribution in [2.24, 2.45) is 0 Å². The number of carbonyl (C=O) groups excluding carboxylic acids is 1. The van der Waals surface area contributed by atoms with E-state index in [9.17, 15) is 4.79 Å². The smallest absolute Gasteiger partial charge is 0.257 e. The number of nitrogens with zero attached hydrogens (tertiary/aromatic N) is 1. The number of anilines is 1. The molecule has 5 heteroatoms. The largest absolute Gasteiger partial charge is 0.298 e. The zero-order chi connectivity index (χ0) is 12.4. The van der Waals surface area contributed by atoms with E-state index in [2.05, 4.69) is 26.2 Å². The Labute approximate surface area is 112 Å². The number of benzene rings is 1.